The largest absolute Gasteiger partial charge is 0.351 e. The van der Waals surface area contributed by atoms with E-state index in [4.69, 9.17) is 0 Å². The summed E-state index contributed by atoms with van der Waals surface area (Å²) >= 11 is 1.70. The summed E-state index contributed by atoms with van der Waals surface area (Å²) < 4.78 is 0. The third-order valence-corrected chi connectivity index (χ3v) is 6.84. The maximum absolute atomic E-state index is 12.6. The summed E-state index contributed by atoms with van der Waals surface area (Å²) in [7, 11) is 0. The Kier molecular flexibility index (Phi) is 5.58. The summed E-state index contributed by atoms with van der Waals surface area (Å²) in [5.41, 5.74) is 1.20. The van der Waals surface area contributed by atoms with Crippen LogP contribution in [0.25, 0.3) is 10.4 Å². The molecule has 4 rings (SSSR count). The second-order valence-corrected chi connectivity index (χ2v) is 8.76. The fourth-order valence-electron chi connectivity index (χ4n) is 4.20. The number of likely N-dealkylation sites (tertiary alicyclic amines) is 1. The second-order valence-electron chi connectivity index (χ2n) is 7.59. The molecular weight excluding hydrogens is 356 g/mol. The number of hydrogen-bond acceptors (Lipinski definition) is 3. The third-order valence-electron chi connectivity index (χ3n) is 5.70. The standard InChI is InChI=1S/C22H26N2O2S/c25-21-13-17(15-24(21)18-9-5-2-6-10-18)22(26)23-14-19-11-12-20(27-19)16-7-3-1-4-8-16/h1,3-4,7-8,11-12,17-18H,2,5-6,9-10,13-15H2,(H,23,26). The molecule has 1 saturated carbocycles. The molecule has 2 aliphatic rings. The third kappa shape index (κ3) is 4.24. The van der Waals surface area contributed by atoms with Crippen molar-refractivity contribution in [2.75, 3.05) is 6.54 Å². The van der Waals surface area contributed by atoms with Crippen molar-refractivity contribution in [3.05, 3.63) is 47.3 Å². The van der Waals surface area contributed by atoms with Crippen LogP contribution in [0.15, 0.2) is 42.5 Å². The predicted octanol–water partition coefficient (Wildman–Crippen LogP) is 4.21. The van der Waals surface area contributed by atoms with E-state index in [2.05, 4.69) is 29.6 Å². The van der Waals surface area contributed by atoms with Crippen molar-refractivity contribution in [2.24, 2.45) is 5.92 Å². The van der Waals surface area contributed by atoms with Gasteiger partial charge in [0.05, 0.1) is 12.5 Å². The molecule has 1 atom stereocenters. The Bertz CT molecular complexity index is 796. The van der Waals surface area contributed by atoms with Gasteiger partial charge in [-0.25, -0.2) is 0 Å². The number of thiophene rings is 1. The Balaban J connectivity index is 1.31. The van der Waals surface area contributed by atoms with Gasteiger partial charge < -0.3 is 10.2 Å². The molecule has 1 aromatic heterocycles. The summed E-state index contributed by atoms with van der Waals surface area (Å²) in [5, 5.41) is 3.04. The van der Waals surface area contributed by atoms with E-state index < -0.39 is 0 Å². The summed E-state index contributed by atoms with van der Waals surface area (Å²) in [6.45, 7) is 1.12. The van der Waals surface area contributed by atoms with Gasteiger partial charge in [-0.15, -0.1) is 11.3 Å². The van der Waals surface area contributed by atoms with E-state index in [0.29, 0.717) is 25.6 Å². The van der Waals surface area contributed by atoms with Crippen LogP contribution >= 0.6 is 11.3 Å². The Morgan fingerprint density at radius 1 is 1.07 bits per heavy atom. The minimum atomic E-state index is -0.201. The lowest BCUT2D eigenvalue weighted by Crippen LogP contribution is -2.39. The predicted molar refractivity (Wildman–Crippen MR) is 108 cm³/mol. The zero-order chi connectivity index (χ0) is 18.6. The molecule has 0 radical (unpaired) electrons. The average molecular weight is 383 g/mol. The molecule has 1 unspecified atom stereocenters. The van der Waals surface area contributed by atoms with Crippen molar-refractivity contribution in [3.63, 3.8) is 0 Å². The van der Waals surface area contributed by atoms with Crippen LogP contribution in [0.2, 0.25) is 0 Å². The summed E-state index contributed by atoms with van der Waals surface area (Å²) in [6.07, 6.45) is 6.23. The minimum absolute atomic E-state index is 0.0105. The van der Waals surface area contributed by atoms with Crippen molar-refractivity contribution in [3.8, 4) is 10.4 Å². The van der Waals surface area contributed by atoms with E-state index in [0.717, 1.165) is 17.7 Å². The van der Waals surface area contributed by atoms with E-state index in [1.807, 2.05) is 23.1 Å². The van der Waals surface area contributed by atoms with Crippen LogP contribution in [0.4, 0.5) is 0 Å². The maximum Gasteiger partial charge on any atom is 0.225 e. The first-order valence-electron chi connectivity index (χ1n) is 9.92. The van der Waals surface area contributed by atoms with Gasteiger partial charge in [0.15, 0.2) is 0 Å². The van der Waals surface area contributed by atoms with Crippen molar-refractivity contribution < 1.29 is 9.59 Å². The van der Waals surface area contributed by atoms with E-state index in [9.17, 15) is 9.59 Å². The highest BCUT2D eigenvalue weighted by atomic mass is 32.1. The maximum atomic E-state index is 12.6. The summed E-state index contributed by atoms with van der Waals surface area (Å²) in [4.78, 5) is 29.3. The average Bonchev–Trinajstić information content (AvgIpc) is 3.34. The molecule has 142 valence electrons. The Hall–Kier alpha value is -2.14. The molecule has 1 saturated heterocycles. The number of benzene rings is 1. The van der Waals surface area contributed by atoms with Crippen LogP contribution in [0.5, 0.6) is 0 Å². The Labute approximate surface area is 164 Å². The molecule has 1 aliphatic carbocycles. The highest BCUT2D eigenvalue weighted by molar-refractivity contribution is 7.15. The summed E-state index contributed by atoms with van der Waals surface area (Å²) in [6, 6.07) is 14.8. The fraction of sp³-hybridized carbons (Fsp3) is 0.455. The van der Waals surface area contributed by atoms with E-state index >= 15 is 0 Å². The SMILES string of the molecule is O=C(NCc1ccc(-c2ccccc2)s1)C1CC(=O)N(C2CCCCC2)C1. The van der Waals surface area contributed by atoms with E-state index in [1.165, 1.54) is 29.7 Å². The minimum Gasteiger partial charge on any atom is -0.351 e. The first-order chi connectivity index (χ1) is 13.2. The molecule has 0 spiro atoms. The van der Waals surface area contributed by atoms with Gasteiger partial charge in [-0.1, -0.05) is 49.6 Å². The van der Waals surface area contributed by atoms with Crippen LogP contribution in [-0.4, -0.2) is 29.3 Å². The smallest absolute Gasteiger partial charge is 0.225 e. The van der Waals surface area contributed by atoms with Crippen LogP contribution < -0.4 is 5.32 Å². The highest BCUT2D eigenvalue weighted by Crippen LogP contribution is 2.30. The van der Waals surface area contributed by atoms with Crippen molar-refractivity contribution in [1.29, 1.82) is 0 Å². The number of hydrogen-bond donors (Lipinski definition) is 1. The molecule has 1 N–H and O–H groups in total. The molecule has 2 fully saturated rings. The molecule has 27 heavy (non-hydrogen) atoms. The van der Waals surface area contributed by atoms with Gasteiger partial charge in [0.1, 0.15) is 0 Å². The zero-order valence-electron chi connectivity index (χ0n) is 15.5. The normalized spacial score (nSPS) is 20.8. The number of amides is 2. The number of nitrogens with one attached hydrogen (secondary N) is 1. The van der Waals surface area contributed by atoms with Gasteiger partial charge in [0.2, 0.25) is 11.8 Å². The monoisotopic (exact) mass is 382 g/mol. The number of carbonyl (C=O) groups is 2. The van der Waals surface area contributed by atoms with E-state index in [1.54, 1.807) is 11.3 Å². The first kappa shape index (κ1) is 18.2. The number of nitrogens with zero attached hydrogens (tertiary/aromatic N) is 1. The zero-order valence-corrected chi connectivity index (χ0v) is 16.3. The van der Waals surface area contributed by atoms with Crippen molar-refractivity contribution in [1.82, 2.24) is 10.2 Å². The quantitative estimate of drug-likeness (QED) is 0.842. The molecule has 5 heteroatoms. The highest BCUT2D eigenvalue weighted by Gasteiger charge is 2.37. The van der Waals surface area contributed by atoms with Crippen molar-refractivity contribution in [2.45, 2.75) is 51.1 Å². The Morgan fingerprint density at radius 3 is 2.63 bits per heavy atom. The molecule has 4 nitrogen and oxygen atoms in total. The Morgan fingerprint density at radius 2 is 1.85 bits per heavy atom. The van der Waals surface area contributed by atoms with Crippen molar-refractivity contribution >= 4 is 23.2 Å². The molecule has 2 amide bonds. The molecule has 1 aromatic carbocycles. The van der Waals surface area contributed by atoms with Gasteiger partial charge in [-0.2, -0.15) is 0 Å². The van der Waals surface area contributed by atoms with Gasteiger partial charge >= 0.3 is 0 Å². The van der Waals surface area contributed by atoms with Crippen LogP contribution in [-0.2, 0) is 16.1 Å². The summed E-state index contributed by atoms with van der Waals surface area (Å²) in [5.74, 6) is -0.0335. The van der Waals surface area contributed by atoms with Gasteiger partial charge in [0.25, 0.3) is 0 Å². The molecule has 1 aliphatic heterocycles. The van der Waals surface area contributed by atoms with Crippen LogP contribution in [0.1, 0.15) is 43.4 Å². The lowest BCUT2D eigenvalue weighted by Gasteiger charge is -2.31. The lowest BCUT2D eigenvalue weighted by molar-refractivity contribution is -0.130. The molecule has 0 bridgehead atoms. The van der Waals surface area contributed by atoms with E-state index in [-0.39, 0.29) is 17.7 Å². The fourth-order valence-corrected chi connectivity index (χ4v) is 5.15. The van der Waals surface area contributed by atoms with Crippen LogP contribution in [0.3, 0.4) is 0 Å². The van der Waals surface area contributed by atoms with Gasteiger partial charge in [0, 0.05) is 28.8 Å². The molecule has 2 heterocycles. The number of rotatable bonds is 5. The first-order valence-corrected chi connectivity index (χ1v) is 10.7. The molecule has 2 aromatic rings. The van der Waals surface area contributed by atoms with Gasteiger partial charge in [-0.3, -0.25) is 9.59 Å². The topological polar surface area (TPSA) is 49.4 Å². The lowest BCUT2D eigenvalue weighted by atomic mass is 9.94. The van der Waals surface area contributed by atoms with Gasteiger partial charge in [-0.05, 0) is 30.5 Å². The van der Waals surface area contributed by atoms with Crippen LogP contribution in [0, 0.1) is 5.92 Å². The second kappa shape index (κ2) is 8.26. The number of carbonyl (C=O) groups excluding carboxylic acids is 2. The molecular formula is C22H26N2O2S.